The van der Waals surface area contributed by atoms with Crippen molar-refractivity contribution in [1.29, 1.82) is 0 Å². The molecule has 2 amide bonds. The third kappa shape index (κ3) is 4.34. The van der Waals surface area contributed by atoms with Gasteiger partial charge in [0.1, 0.15) is 5.69 Å². The molecule has 0 spiro atoms. The van der Waals surface area contributed by atoms with Crippen LogP contribution in [-0.2, 0) is 0 Å². The molecule has 0 radical (unpaired) electrons. The summed E-state index contributed by atoms with van der Waals surface area (Å²) < 4.78 is 0. The van der Waals surface area contributed by atoms with Crippen LogP contribution in [0, 0.1) is 11.8 Å². The molecule has 1 saturated carbocycles. The predicted octanol–water partition coefficient (Wildman–Crippen LogP) is 2.52. The maximum atomic E-state index is 12.0. The van der Waals surface area contributed by atoms with Crippen LogP contribution in [0.5, 0.6) is 0 Å². The molecule has 122 valence electrons. The molecule has 0 aliphatic heterocycles. The number of rotatable bonds is 2. The normalized spacial score (nSPS) is 19.2. The molecular weight excluding hydrogens is 302 g/mol. The number of carbonyl (C=O) groups excluding carboxylic acids is 1. The summed E-state index contributed by atoms with van der Waals surface area (Å²) in [7, 11) is 0. The second-order valence-electron chi connectivity index (χ2n) is 5.75. The number of amides is 2. The van der Waals surface area contributed by atoms with Crippen LogP contribution in [0.25, 0.3) is 0 Å². The van der Waals surface area contributed by atoms with E-state index >= 15 is 0 Å². The zero-order valence-corrected chi connectivity index (χ0v) is 13.2. The summed E-state index contributed by atoms with van der Waals surface area (Å²) in [5, 5.41) is 15.4. The molecule has 0 unspecified atom stereocenters. The zero-order chi connectivity index (χ0) is 16.8. The van der Waals surface area contributed by atoms with E-state index in [2.05, 4.69) is 27.5 Å². The number of urea groups is 1. The number of hydrogen-bond donors (Lipinski definition) is 3. The predicted molar refractivity (Wildman–Crippen MR) is 92.5 cm³/mol. The molecule has 24 heavy (non-hydrogen) atoms. The Morgan fingerprint density at radius 3 is 2.83 bits per heavy atom. The Morgan fingerprint density at radius 2 is 2.08 bits per heavy atom. The van der Waals surface area contributed by atoms with Crippen molar-refractivity contribution < 1.29 is 9.90 Å². The van der Waals surface area contributed by atoms with Crippen molar-refractivity contribution in [2.24, 2.45) is 0 Å². The van der Waals surface area contributed by atoms with Gasteiger partial charge in [0.2, 0.25) is 0 Å². The second kappa shape index (κ2) is 7.62. The Hall–Kier alpha value is -2.84. The van der Waals surface area contributed by atoms with E-state index < -0.39 is 6.10 Å². The molecule has 0 saturated heterocycles. The van der Waals surface area contributed by atoms with Gasteiger partial charge in [-0.05, 0) is 55.5 Å². The van der Waals surface area contributed by atoms with Crippen LogP contribution in [0.15, 0.2) is 48.7 Å². The van der Waals surface area contributed by atoms with E-state index in [1.165, 1.54) is 0 Å². The van der Waals surface area contributed by atoms with E-state index in [1.54, 1.807) is 18.3 Å². The van der Waals surface area contributed by atoms with Crippen molar-refractivity contribution in [2.45, 2.75) is 31.4 Å². The summed E-state index contributed by atoms with van der Waals surface area (Å²) in [5.74, 6) is 6.01. The third-order valence-electron chi connectivity index (χ3n) is 3.92. The standard InChI is InChI=1S/C19H19N3O2/c23-18-9-4-8-17(18)22-19(24)21-16-7-3-5-14(13-16)10-11-15-6-1-2-12-20-15/h1-3,5-7,12-13,17-18,23H,4,8-9H2,(H2,21,22,24)/t17-,18-/m0/s1. The van der Waals surface area contributed by atoms with Gasteiger partial charge in [-0.15, -0.1) is 0 Å². The number of anilines is 1. The fraction of sp³-hybridized carbons (Fsp3) is 0.263. The molecule has 1 fully saturated rings. The van der Waals surface area contributed by atoms with Crippen molar-refractivity contribution in [1.82, 2.24) is 10.3 Å². The maximum Gasteiger partial charge on any atom is 0.319 e. The van der Waals surface area contributed by atoms with Crippen LogP contribution < -0.4 is 10.6 Å². The number of aliphatic hydroxyl groups is 1. The minimum absolute atomic E-state index is 0.169. The van der Waals surface area contributed by atoms with Gasteiger partial charge in [-0.2, -0.15) is 0 Å². The first-order valence-corrected chi connectivity index (χ1v) is 7.99. The number of benzene rings is 1. The number of carbonyl (C=O) groups is 1. The summed E-state index contributed by atoms with van der Waals surface area (Å²) in [4.78, 5) is 16.2. The Kier molecular flexibility index (Phi) is 5.09. The fourth-order valence-corrected chi connectivity index (χ4v) is 2.69. The Labute approximate surface area is 141 Å². The SMILES string of the molecule is O=C(Nc1cccc(C#Cc2ccccn2)c1)N[C@H]1CCC[C@@H]1O. The summed E-state index contributed by atoms with van der Waals surface area (Å²) in [6.07, 6.45) is 3.73. The molecule has 3 rings (SSSR count). The van der Waals surface area contributed by atoms with Gasteiger partial charge in [-0.3, -0.25) is 0 Å². The van der Waals surface area contributed by atoms with Gasteiger partial charge in [0.05, 0.1) is 12.1 Å². The van der Waals surface area contributed by atoms with E-state index in [4.69, 9.17) is 0 Å². The van der Waals surface area contributed by atoms with Crippen LogP contribution in [0.2, 0.25) is 0 Å². The van der Waals surface area contributed by atoms with Gasteiger partial charge >= 0.3 is 6.03 Å². The molecule has 3 N–H and O–H groups in total. The summed E-state index contributed by atoms with van der Waals surface area (Å²) in [6.45, 7) is 0. The van der Waals surface area contributed by atoms with Crippen molar-refractivity contribution in [3.63, 3.8) is 0 Å². The number of aromatic nitrogens is 1. The van der Waals surface area contributed by atoms with Crippen LogP contribution in [0.4, 0.5) is 10.5 Å². The van der Waals surface area contributed by atoms with Crippen molar-refractivity contribution in [3.05, 3.63) is 59.9 Å². The highest BCUT2D eigenvalue weighted by Crippen LogP contribution is 2.19. The Morgan fingerprint density at radius 1 is 1.17 bits per heavy atom. The molecule has 2 aromatic rings. The zero-order valence-electron chi connectivity index (χ0n) is 13.2. The average molecular weight is 321 g/mol. The first-order valence-electron chi connectivity index (χ1n) is 7.99. The van der Waals surface area contributed by atoms with Gasteiger partial charge < -0.3 is 15.7 Å². The van der Waals surface area contributed by atoms with Gasteiger partial charge in [-0.25, -0.2) is 9.78 Å². The molecule has 0 bridgehead atoms. The van der Waals surface area contributed by atoms with E-state index in [9.17, 15) is 9.90 Å². The minimum atomic E-state index is -0.452. The number of hydrogen-bond acceptors (Lipinski definition) is 3. The lowest BCUT2D eigenvalue weighted by atomic mass is 10.2. The molecule has 1 heterocycles. The van der Waals surface area contributed by atoms with Crippen LogP contribution in [0.1, 0.15) is 30.5 Å². The Bertz CT molecular complexity index is 765. The molecule has 1 aromatic heterocycles. The highest BCUT2D eigenvalue weighted by Gasteiger charge is 2.26. The number of nitrogens with one attached hydrogen (secondary N) is 2. The van der Waals surface area contributed by atoms with Crippen molar-refractivity contribution in [3.8, 4) is 11.8 Å². The van der Waals surface area contributed by atoms with E-state index in [0.717, 1.165) is 24.8 Å². The number of aliphatic hydroxyl groups excluding tert-OH is 1. The fourth-order valence-electron chi connectivity index (χ4n) is 2.69. The number of pyridine rings is 1. The third-order valence-corrected chi connectivity index (χ3v) is 3.92. The lowest BCUT2D eigenvalue weighted by Gasteiger charge is -2.16. The maximum absolute atomic E-state index is 12.0. The topological polar surface area (TPSA) is 74.2 Å². The second-order valence-corrected chi connectivity index (χ2v) is 5.75. The molecular formula is C19H19N3O2. The molecule has 1 aliphatic carbocycles. The lowest BCUT2D eigenvalue weighted by Crippen LogP contribution is -2.42. The molecule has 5 nitrogen and oxygen atoms in total. The molecule has 2 atom stereocenters. The summed E-state index contributed by atoms with van der Waals surface area (Å²) >= 11 is 0. The van der Waals surface area contributed by atoms with E-state index in [-0.39, 0.29) is 12.1 Å². The quantitative estimate of drug-likeness (QED) is 0.744. The highest BCUT2D eigenvalue weighted by molar-refractivity contribution is 5.89. The van der Waals surface area contributed by atoms with Crippen LogP contribution in [-0.4, -0.2) is 28.3 Å². The average Bonchev–Trinajstić information content (AvgIpc) is 2.99. The smallest absolute Gasteiger partial charge is 0.319 e. The van der Waals surface area contributed by atoms with Gasteiger partial charge in [0.25, 0.3) is 0 Å². The largest absolute Gasteiger partial charge is 0.391 e. The first-order chi connectivity index (χ1) is 11.7. The molecule has 1 aliphatic rings. The van der Waals surface area contributed by atoms with E-state index in [0.29, 0.717) is 11.4 Å². The first kappa shape index (κ1) is 16.0. The Balaban J connectivity index is 1.63. The molecule has 1 aromatic carbocycles. The van der Waals surface area contributed by atoms with Crippen molar-refractivity contribution in [2.75, 3.05) is 5.32 Å². The number of nitrogens with zero attached hydrogens (tertiary/aromatic N) is 1. The van der Waals surface area contributed by atoms with Crippen LogP contribution >= 0.6 is 0 Å². The highest BCUT2D eigenvalue weighted by atomic mass is 16.3. The minimum Gasteiger partial charge on any atom is -0.391 e. The van der Waals surface area contributed by atoms with Crippen LogP contribution in [0.3, 0.4) is 0 Å². The van der Waals surface area contributed by atoms with Crippen molar-refractivity contribution >= 4 is 11.7 Å². The van der Waals surface area contributed by atoms with E-state index in [1.807, 2.05) is 30.3 Å². The van der Waals surface area contributed by atoms with Gasteiger partial charge in [0.15, 0.2) is 0 Å². The van der Waals surface area contributed by atoms with Gasteiger partial charge in [-0.1, -0.05) is 18.1 Å². The van der Waals surface area contributed by atoms with Gasteiger partial charge in [0, 0.05) is 17.4 Å². The monoisotopic (exact) mass is 321 g/mol. The molecule has 5 heteroatoms. The lowest BCUT2D eigenvalue weighted by molar-refractivity contribution is 0.151. The summed E-state index contributed by atoms with van der Waals surface area (Å²) in [6, 6.07) is 12.4. The summed E-state index contributed by atoms with van der Waals surface area (Å²) in [5.41, 5.74) is 2.15.